The molecule has 6 nitrogen and oxygen atoms in total. The summed E-state index contributed by atoms with van der Waals surface area (Å²) in [5.74, 6) is 1.55. The molecular formula is C17H12BrN3O3S. The number of fused-ring (bicyclic) bond motifs is 1. The lowest BCUT2D eigenvalue weighted by Gasteiger charge is -1.99. The highest BCUT2D eigenvalue weighted by Crippen LogP contribution is 2.25. The fourth-order valence-electron chi connectivity index (χ4n) is 2.50. The summed E-state index contributed by atoms with van der Waals surface area (Å²) in [6.45, 7) is 0.262. The molecule has 25 heavy (non-hydrogen) atoms. The highest BCUT2D eigenvalue weighted by atomic mass is 79.9. The van der Waals surface area contributed by atoms with Crippen LogP contribution in [-0.2, 0) is 6.54 Å². The van der Waals surface area contributed by atoms with Gasteiger partial charge in [-0.1, -0.05) is 28.8 Å². The minimum absolute atomic E-state index is 0.0693. The molecule has 0 saturated heterocycles. The van der Waals surface area contributed by atoms with Crippen LogP contribution in [0.5, 0.6) is 5.75 Å². The average Bonchev–Trinajstić information content (AvgIpc) is 3.21. The van der Waals surface area contributed by atoms with Crippen LogP contribution in [-0.4, -0.2) is 21.2 Å². The molecule has 4 aromatic rings. The number of aromatic nitrogens is 3. The number of rotatable bonds is 4. The smallest absolute Gasteiger partial charge is 0.270 e. The van der Waals surface area contributed by atoms with Crippen LogP contribution in [0.4, 0.5) is 0 Å². The predicted octanol–water partition coefficient (Wildman–Crippen LogP) is 3.93. The van der Waals surface area contributed by atoms with E-state index in [1.165, 1.54) is 11.5 Å². The largest absolute Gasteiger partial charge is 0.497 e. The van der Waals surface area contributed by atoms with E-state index in [2.05, 4.69) is 26.1 Å². The molecule has 2 heterocycles. The molecule has 0 fully saturated rings. The molecule has 0 bridgehead atoms. The van der Waals surface area contributed by atoms with Gasteiger partial charge in [0.2, 0.25) is 0 Å². The molecule has 2 aromatic carbocycles. The van der Waals surface area contributed by atoms with Crippen molar-refractivity contribution in [3.63, 3.8) is 0 Å². The molecule has 0 spiro atoms. The summed E-state index contributed by atoms with van der Waals surface area (Å²) in [5, 5.41) is 4.66. The van der Waals surface area contributed by atoms with Crippen molar-refractivity contribution in [1.82, 2.24) is 14.1 Å². The van der Waals surface area contributed by atoms with Crippen LogP contribution in [0.15, 0.2) is 56.3 Å². The second-order valence-electron chi connectivity index (χ2n) is 5.29. The molecule has 0 aliphatic heterocycles. The van der Waals surface area contributed by atoms with E-state index < -0.39 is 0 Å². The summed E-state index contributed by atoms with van der Waals surface area (Å²) in [7, 11) is 1.60. The van der Waals surface area contributed by atoms with Gasteiger partial charge in [-0.05, 0) is 46.3 Å². The highest BCUT2D eigenvalue weighted by molar-refractivity contribution is 9.10. The Bertz CT molecular complexity index is 1120. The van der Waals surface area contributed by atoms with E-state index in [0.29, 0.717) is 22.9 Å². The lowest BCUT2D eigenvalue weighted by atomic mass is 10.2. The Morgan fingerprint density at radius 3 is 2.92 bits per heavy atom. The van der Waals surface area contributed by atoms with Crippen molar-refractivity contribution in [2.45, 2.75) is 6.54 Å². The van der Waals surface area contributed by atoms with Gasteiger partial charge in [-0.15, -0.1) is 0 Å². The maximum absolute atomic E-state index is 12.6. The van der Waals surface area contributed by atoms with Crippen molar-refractivity contribution in [2.75, 3.05) is 7.11 Å². The van der Waals surface area contributed by atoms with Crippen LogP contribution in [0.3, 0.4) is 0 Å². The fraction of sp³-hybridized carbons (Fsp3) is 0.118. The van der Waals surface area contributed by atoms with Crippen molar-refractivity contribution in [1.29, 1.82) is 0 Å². The lowest BCUT2D eigenvalue weighted by Crippen LogP contribution is -2.14. The summed E-state index contributed by atoms with van der Waals surface area (Å²) in [5.41, 5.74) is 0.699. The predicted molar refractivity (Wildman–Crippen MR) is 99.2 cm³/mol. The van der Waals surface area contributed by atoms with Crippen LogP contribution < -0.4 is 10.3 Å². The quantitative estimate of drug-likeness (QED) is 0.502. The molecule has 0 aliphatic rings. The van der Waals surface area contributed by atoms with Crippen LogP contribution in [0.25, 0.3) is 21.5 Å². The maximum Gasteiger partial charge on any atom is 0.270 e. The standard InChI is InChI=1S/C17H12BrN3O3S/c1-23-11-5-2-4-10(8-11)16-19-14(20-24-16)9-21-17(22)15-12(18)6-3-7-13(15)25-21/h2-8H,9H2,1H3. The zero-order valence-corrected chi connectivity index (χ0v) is 15.5. The van der Waals surface area contributed by atoms with E-state index in [4.69, 9.17) is 9.26 Å². The summed E-state index contributed by atoms with van der Waals surface area (Å²) >= 11 is 4.80. The number of hydrogen-bond acceptors (Lipinski definition) is 6. The molecular weight excluding hydrogens is 406 g/mol. The number of halogens is 1. The zero-order chi connectivity index (χ0) is 17.4. The molecule has 4 rings (SSSR count). The first kappa shape index (κ1) is 16.0. The van der Waals surface area contributed by atoms with Gasteiger partial charge in [0.1, 0.15) is 12.3 Å². The summed E-state index contributed by atoms with van der Waals surface area (Å²) in [4.78, 5) is 16.9. The molecule has 0 unspecified atom stereocenters. The minimum atomic E-state index is -0.0693. The number of ether oxygens (including phenoxy) is 1. The molecule has 0 N–H and O–H groups in total. The Kier molecular flexibility index (Phi) is 4.14. The third kappa shape index (κ3) is 2.98. The molecule has 0 atom stereocenters. The Balaban J connectivity index is 1.66. The van der Waals surface area contributed by atoms with Crippen LogP contribution >= 0.6 is 27.5 Å². The van der Waals surface area contributed by atoms with Crippen molar-refractivity contribution < 1.29 is 9.26 Å². The van der Waals surface area contributed by atoms with Gasteiger partial charge in [-0.2, -0.15) is 4.98 Å². The normalized spacial score (nSPS) is 11.1. The maximum atomic E-state index is 12.6. The third-order valence-corrected chi connectivity index (χ3v) is 5.41. The second-order valence-corrected chi connectivity index (χ2v) is 7.21. The highest BCUT2D eigenvalue weighted by Gasteiger charge is 2.14. The summed E-state index contributed by atoms with van der Waals surface area (Å²) < 4.78 is 13.8. The average molecular weight is 418 g/mol. The topological polar surface area (TPSA) is 70.2 Å². The molecule has 126 valence electrons. The van der Waals surface area contributed by atoms with Gasteiger partial charge in [0.05, 0.1) is 17.2 Å². The fourth-order valence-corrected chi connectivity index (χ4v) is 4.18. The second kappa shape index (κ2) is 6.45. The zero-order valence-electron chi connectivity index (χ0n) is 13.1. The number of hydrogen-bond donors (Lipinski definition) is 0. The third-order valence-electron chi connectivity index (χ3n) is 3.69. The lowest BCUT2D eigenvalue weighted by molar-refractivity contribution is 0.411. The molecule has 0 saturated carbocycles. The summed E-state index contributed by atoms with van der Waals surface area (Å²) in [6.07, 6.45) is 0. The first-order valence-corrected chi connectivity index (χ1v) is 8.97. The van der Waals surface area contributed by atoms with Crippen molar-refractivity contribution in [3.05, 3.63) is 63.1 Å². The van der Waals surface area contributed by atoms with E-state index >= 15 is 0 Å². The number of benzene rings is 2. The van der Waals surface area contributed by atoms with Crippen molar-refractivity contribution in [2.24, 2.45) is 0 Å². The van der Waals surface area contributed by atoms with Gasteiger partial charge in [0, 0.05) is 10.0 Å². The van der Waals surface area contributed by atoms with Gasteiger partial charge >= 0.3 is 0 Å². The van der Waals surface area contributed by atoms with Gasteiger partial charge in [0.15, 0.2) is 5.82 Å². The number of nitrogens with zero attached hydrogens (tertiary/aromatic N) is 3. The Morgan fingerprint density at radius 2 is 2.12 bits per heavy atom. The first-order chi connectivity index (χ1) is 12.2. The van der Waals surface area contributed by atoms with E-state index in [-0.39, 0.29) is 12.1 Å². The van der Waals surface area contributed by atoms with Crippen LogP contribution in [0, 0.1) is 0 Å². The van der Waals surface area contributed by atoms with E-state index in [9.17, 15) is 4.79 Å². The van der Waals surface area contributed by atoms with Gasteiger partial charge in [-0.3, -0.25) is 8.75 Å². The molecule has 0 amide bonds. The van der Waals surface area contributed by atoms with Gasteiger partial charge in [0.25, 0.3) is 11.4 Å². The van der Waals surface area contributed by atoms with Crippen LogP contribution in [0.2, 0.25) is 0 Å². The molecule has 0 aliphatic carbocycles. The molecule has 2 aromatic heterocycles. The summed E-state index contributed by atoms with van der Waals surface area (Å²) in [6, 6.07) is 13.1. The molecule has 0 radical (unpaired) electrons. The van der Waals surface area contributed by atoms with Crippen molar-refractivity contribution >= 4 is 37.5 Å². The Morgan fingerprint density at radius 1 is 1.28 bits per heavy atom. The Labute approximate surface area is 154 Å². The van der Waals surface area contributed by atoms with Crippen molar-refractivity contribution in [3.8, 4) is 17.2 Å². The number of methoxy groups -OCH3 is 1. The molecule has 8 heteroatoms. The SMILES string of the molecule is COc1cccc(-c2nc(Cn3sc4cccc(Br)c4c3=O)no2)c1. The minimum Gasteiger partial charge on any atom is -0.497 e. The van der Waals surface area contributed by atoms with Gasteiger partial charge in [-0.25, -0.2) is 0 Å². The van der Waals surface area contributed by atoms with E-state index in [1.807, 2.05) is 42.5 Å². The van der Waals surface area contributed by atoms with Gasteiger partial charge < -0.3 is 9.26 Å². The first-order valence-electron chi connectivity index (χ1n) is 7.41. The van der Waals surface area contributed by atoms with Crippen LogP contribution in [0.1, 0.15) is 5.82 Å². The van der Waals surface area contributed by atoms with E-state index in [0.717, 1.165) is 14.7 Å². The monoisotopic (exact) mass is 417 g/mol. The Hall–Kier alpha value is -2.45. The van der Waals surface area contributed by atoms with E-state index in [1.54, 1.807) is 11.1 Å².